The minimum absolute atomic E-state index is 0. The van der Waals surface area contributed by atoms with Crippen molar-refractivity contribution in [3.8, 4) is 0 Å². The van der Waals surface area contributed by atoms with E-state index in [1.807, 2.05) is 0 Å². The monoisotopic (exact) mass is 517 g/mol. The first-order valence-electron chi connectivity index (χ1n) is 8.83. The summed E-state index contributed by atoms with van der Waals surface area (Å²) >= 11 is 0. The Labute approximate surface area is 184 Å². The van der Waals surface area contributed by atoms with Crippen molar-refractivity contribution in [2.75, 3.05) is 26.7 Å². The Balaban J connectivity index is 0.00000392. The van der Waals surface area contributed by atoms with Gasteiger partial charge in [-0.3, -0.25) is 9.98 Å². The van der Waals surface area contributed by atoms with Gasteiger partial charge in [0.05, 0.1) is 0 Å². The molecule has 1 unspecified atom stereocenters. The van der Waals surface area contributed by atoms with Gasteiger partial charge in [-0.25, -0.2) is 13.1 Å². The van der Waals surface area contributed by atoms with Gasteiger partial charge >= 0.3 is 0 Å². The number of pyridine rings is 1. The highest BCUT2D eigenvalue weighted by molar-refractivity contribution is 14.0. The summed E-state index contributed by atoms with van der Waals surface area (Å²) in [5, 5.41) is 6.37. The van der Waals surface area contributed by atoms with Crippen LogP contribution in [0.3, 0.4) is 0 Å². The molecule has 1 atom stereocenters. The van der Waals surface area contributed by atoms with Crippen LogP contribution in [0.1, 0.15) is 24.0 Å². The van der Waals surface area contributed by atoms with Crippen LogP contribution in [0, 0.1) is 6.92 Å². The molecule has 7 nitrogen and oxygen atoms in total. The van der Waals surface area contributed by atoms with E-state index in [1.165, 1.54) is 29.6 Å². The van der Waals surface area contributed by atoms with E-state index in [4.69, 9.17) is 0 Å². The van der Waals surface area contributed by atoms with Gasteiger partial charge in [-0.15, -0.1) is 24.0 Å². The van der Waals surface area contributed by atoms with E-state index in [-0.39, 0.29) is 35.4 Å². The number of nitrogens with one attached hydrogen (secondary N) is 3. The Hall–Kier alpha value is -1.72. The zero-order valence-corrected chi connectivity index (χ0v) is 19.5. The smallest absolute Gasteiger partial charge is 0.242 e. The molecule has 1 aromatic heterocycles. The SMILES string of the molecule is CN=C(NCCNS(=O)(=O)c1cccnc1)NCC(C)c1ccc(C)cc1.I. The number of benzene rings is 1. The molecule has 1 aromatic carbocycles. The molecule has 0 aliphatic heterocycles. The molecule has 0 radical (unpaired) electrons. The maximum Gasteiger partial charge on any atom is 0.242 e. The molecular weight excluding hydrogens is 489 g/mol. The number of guanidine groups is 1. The van der Waals surface area contributed by atoms with Crippen molar-refractivity contribution < 1.29 is 8.42 Å². The normalized spacial score (nSPS) is 12.8. The summed E-state index contributed by atoms with van der Waals surface area (Å²) in [6.45, 7) is 5.60. The van der Waals surface area contributed by atoms with E-state index in [9.17, 15) is 8.42 Å². The quantitative estimate of drug-likeness (QED) is 0.216. The fraction of sp³-hybridized carbons (Fsp3) is 0.368. The summed E-state index contributed by atoms with van der Waals surface area (Å²) in [7, 11) is -1.86. The van der Waals surface area contributed by atoms with E-state index in [0.29, 0.717) is 18.4 Å². The summed E-state index contributed by atoms with van der Waals surface area (Å²) in [6.07, 6.45) is 2.86. The molecule has 154 valence electrons. The number of nitrogens with zero attached hydrogens (tertiary/aromatic N) is 2. The van der Waals surface area contributed by atoms with Crippen molar-refractivity contribution in [2.45, 2.75) is 24.7 Å². The van der Waals surface area contributed by atoms with Gasteiger partial charge in [0.15, 0.2) is 5.96 Å². The molecule has 0 saturated carbocycles. The largest absolute Gasteiger partial charge is 0.356 e. The van der Waals surface area contributed by atoms with Crippen LogP contribution in [-0.2, 0) is 10.0 Å². The van der Waals surface area contributed by atoms with Crippen LogP contribution in [0.25, 0.3) is 0 Å². The molecule has 0 bridgehead atoms. The standard InChI is InChI=1S/C19H27N5O2S.HI/c1-15-6-8-17(9-7-15)16(2)13-23-19(20-3)22-11-12-24-27(25,26)18-5-4-10-21-14-18;/h4-10,14,16,24H,11-13H2,1-3H3,(H2,20,22,23);1H. The van der Waals surface area contributed by atoms with E-state index in [1.54, 1.807) is 13.1 Å². The highest BCUT2D eigenvalue weighted by Crippen LogP contribution is 2.14. The molecule has 0 amide bonds. The van der Waals surface area contributed by atoms with E-state index < -0.39 is 10.0 Å². The lowest BCUT2D eigenvalue weighted by Crippen LogP contribution is -2.42. The molecule has 1 heterocycles. The zero-order chi connectivity index (χ0) is 19.7. The lowest BCUT2D eigenvalue weighted by Gasteiger charge is -2.16. The third kappa shape index (κ3) is 7.72. The molecule has 0 fully saturated rings. The third-order valence-corrected chi connectivity index (χ3v) is 5.55. The second-order valence-corrected chi connectivity index (χ2v) is 8.05. The van der Waals surface area contributed by atoms with Crippen molar-refractivity contribution in [2.24, 2.45) is 4.99 Å². The maximum atomic E-state index is 12.1. The molecule has 2 rings (SSSR count). The van der Waals surface area contributed by atoms with Crippen LogP contribution in [0.15, 0.2) is 58.7 Å². The van der Waals surface area contributed by atoms with E-state index in [0.717, 1.165) is 6.54 Å². The molecule has 0 aliphatic rings. The highest BCUT2D eigenvalue weighted by atomic mass is 127. The van der Waals surface area contributed by atoms with Crippen LogP contribution in [0.5, 0.6) is 0 Å². The van der Waals surface area contributed by atoms with Crippen LogP contribution >= 0.6 is 24.0 Å². The molecule has 0 saturated heterocycles. The van der Waals surface area contributed by atoms with Crippen molar-refractivity contribution in [3.63, 3.8) is 0 Å². The lowest BCUT2D eigenvalue weighted by atomic mass is 10.0. The Kier molecular flexibility index (Phi) is 10.4. The number of halogens is 1. The highest BCUT2D eigenvalue weighted by Gasteiger charge is 2.13. The van der Waals surface area contributed by atoms with Crippen LogP contribution < -0.4 is 15.4 Å². The molecule has 0 spiro atoms. The topological polar surface area (TPSA) is 95.5 Å². The van der Waals surface area contributed by atoms with E-state index in [2.05, 4.69) is 63.4 Å². The Bertz CT molecular complexity index is 842. The number of sulfonamides is 1. The second kappa shape index (κ2) is 12.0. The predicted octanol–water partition coefficient (Wildman–Crippen LogP) is 2.26. The molecule has 3 N–H and O–H groups in total. The van der Waals surface area contributed by atoms with Gasteiger partial charge in [0.25, 0.3) is 0 Å². The first-order valence-corrected chi connectivity index (χ1v) is 10.3. The number of hydrogen-bond acceptors (Lipinski definition) is 4. The molecule has 0 aliphatic carbocycles. The van der Waals surface area contributed by atoms with Gasteiger partial charge in [0.2, 0.25) is 10.0 Å². The fourth-order valence-corrected chi connectivity index (χ4v) is 3.43. The maximum absolute atomic E-state index is 12.1. The third-order valence-electron chi connectivity index (χ3n) is 4.10. The molecule has 2 aromatic rings. The average molecular weight is 517 g/mol. The summed E-state index contributed by atoms with van der Waals surface area (Å²) in [5.41, 5.74) is 2.50. The first-order chi connectivity index (χ1) is 12.9. The summed E-state index contributed by atoms with van der Waals surface area (Å²) in [6, 6.07) is 11.6. The minimum Gasteiger partial charge on any atom is -0.356 e. The summed E-state index contributed by atoms with van der Waals surface area (Å²) in [4.78, 5) is 8.15. The zero-order valence-electron chi connectivity index (χ0n) is 16.3. The second-order valence-electron chi connectivity index (χ2n) is 6.28. The number of rotatable bonds is 8. The van der Waals surface area contributed by atoms with Gasteiger partial charge < -0.3 is 10.6 Å². The van der Waals surface area contributed by atoms with Crippen LogP contribution in [-0.4, -0.2) is 46.0 Å². The Morgan fingerprint density at radius 2 is 1.86 bits per heavy atom. The molecule has 28 heavy (non-hydrogen) atoms. The van der Waals surface area contributed by atoms with Crippen molar-refractivity contribution in [1.82, 2.24) is 20.3 Å². The van der Waals surface area contributed by atoms with Gasteiger partial charge in [-0.1, -0.05) is 36.8 Å². The van der Waals surface area contributed by atoms with Gasteiger partial charge in [0.1, 0.15) is 4.90 Å². The summed E-state index contributed by atoms with van der Waals surface area (Å²) in [5.74, 6) is 0.961. The average Bonchev–Trinajstić information content (AvgIpc) is 2.68. The number of aliphatic imine (C=N–C) groups is 1. The minimum atomic E-state index is -3.54. The summed E-state index contributed by atoms with van der Waals surface area (Å²) < 4.78 is 26.8. The van der Waals surface area contributed by atoms with E-state index >= 15 is 0 Å². The first kappa shape index (κ1) is 24.3. The number of hydrogen-bond donors (Lipinski definition) is 3. The number of aryl methyl sites for hydroxylation is 1. The van der Waals surface area contributed by atoms with Crippen molar-refractivity contribution in [1.29, 1.82) is 0 Å². The molecular formula is C19H28IN5O2S. The van der Waals surface area contributed by atoms with Crippen LogP contribution in [0.2, 0.25) is 0 Å². The van der Waals surface area contributed by atoms with Gasteiger partial charge in [0, 0.05) is 39.1 Å². The predicted molar refractivity (Wildman–Crippen MR) is 124 cm³/mol. The van der Waals surface area contributed by atoms with Gasteiger partial charge in [-0.05, 0) is 30.5 Å². The Morgan fingerprint density at radius 3 is 2.46 bits per heavy atom. The van der Waals surface area contributed by atoms with Crippen molar-refractivity contribution >= 4 is 40.0 Å². The van der Waals surface area contributed by atoms with Gasteiger partial charge in [-0.2, -0.15) is 0 Å². The molecule has 9 heteroatoms. The Morgan fingerprint density at radius 1 is 1.14 bits per heavy atom. The van der Waals surface area contributed by atoms with Crippen molar-refractivity contribution in [3.05, 3.63) is 59.9 Å². The number of aromatic nitrogens is 1. The van der Waals surface area contributed by atoms with Crippen LogP contribution in [0.4, 0.5) is 0 Å². The fourth-order valence-electron chi connectivity index (χ4n) is 2.44. The lowest BCUT2D eigenvalue weighted by molar-refractivity contribution is 0.580.